The number of benzene rings is 1. The van der Waals surface area contributed by atoms with Crippen molar-refractivity contribution in [3.63, 3.8) is 0 Å². The second-order valence-corrected chi connectivity index (χ2v) is 6.85. The number of piperidine rings is 1. The van der Waals surface area contributed by atoms with Crippen molar-refractivity contribution in [3.8, 4) is 0 Å². The van der Waals surface area contributed by atoms with Crippen LogP contribution in [0.1, 0.15) is 30.7 Å². The molecule has 2 heterocycles. The van der Waals surface area contributed by atoms with E-state index in [1.807, 2.05) is 6.07 Å². The number of nitrogen functional groups attached to an aromatic ring is 1. The standard InChI is InChI=1S/C18H29N3O/c1-20-8-3-11-22-18(13-20)14-21-9-6-15(7-10-21)16-4-2-5-17(19)12-16/h2,4-5,12,15,18H,3,6-11,13-14,19H2,1H3. The predicted molar refractivity (Wildman–Crippen MR) is 91.1 cm³/mol. The molecule has 4 nitrogen and oxygen atoms in total. The fourth-order valence-corrected chi connectivity index (χ4v) is 3.74. The Bertz CT molecular complexity index is 471. The van der Waals surface area contributed by atoms with Crippen LogP contribution >= 0.6 is 0 Å². The highest BCUT2D eigenvalue weighted by molar-refractivity contribution is 5.41. The molecule has 0 aromatic heterocycles. The molecule has 1 atom stereocenters. The van der Waals surface area contributed by atoms with Crippen LogP contribution < -0.4 is 5.73 Å². The Labute approximate surface area is 134 Å². The summed E-state index contributed by atoms with van der Waals surface area (Å²) < 4.78 is 6.00. The Hall–Kier alpha value is -1.10. The van der Waals surface area contributed by atoms with Gasteiger partial charge >= 0.3 is 0 Å². The van der Waals surface area contributed by atoms with E-state index in [4.69, 9.17) is 10.5 Å². The number of nitrogens with two attached hydrogens (primary N) is 1. The quantitative estimate of drug-likeness (QED) is 0.869. The molecule has 2 aliphatic heterocycles. The van der Waals surface area contributed by atoms with Gasteiger partial charge in [-0.3, -0.25) is 0 Å². The van der Waals surface area contributed by atoms with Crippen molar-refractivity contribution in [2.75, 3.05) is 52.1 Å². The van der Waals surface area contributed by atoms with Gasteiger partial charge in [-0.1, -0.05) is 12.1 Å². The van der Waals surface area contributed by atoms with E-state index in [1.54, 1.807) is 0 Å². The van der Waals surface area contributed by atoms with E-state index in [9.17, 15) is 0 Å². The zero-order valence-corrected chi connectivity index (χ0v) is 13.7. The molecule has 2 N–H and O–H groups in total. The molecule has 0 aliphatic carbocycles. The van der Waals surface area contributed by atoms with Gasteiger partial charge in [-0.15, -0.1) is 0 Å². The predicted octanol–water partition coefficient (Wildman–Crippen LogP) is 2.17. The monoisotopic (exact) mass is 303 g/mol. The van der Waals surface area contributed by atoms with E-state index in [2.05, 4.69) is 35.0 Å². The van der Waals surface area contributed by atoms with Gasteiger partial charge in [-0.2, -0.15) is 0 Å². The van der Waals surface area contributed by atoms with Crippen molar-refractivity contribution >= 4 is 5.69 Å². The molecule has 0 spiro atoms. The Kier molecular flexibility index (Phi) is 5.34. The largest absolute Gasteiger partial charge is 0.399 e. The fraction of sp³-hybridized carbons (Fsp3) is 0.667. The number of rotatable bonds is 3. The fourth-order valence-electron chi connectivity index (χ4n) is 3.74. The van der Waals surface area contributed by atoms with E-state index in [-0.39, 0.29) is 0 Å². The highest BCUT2D eigenvalue weighted by Crippen LogP contribution is 2.29. The minimum absolute atomic E-state index is 0.372. The van der Waals surface area contributed by atoms with E-state index >= 15 is 0 Å². The van der Waals surface area contributed by atoms with Crippen molar-refractivity contribution in [1.82, 2.24) is 9.80 Å². The molecule has 2 aliphatic rings. The third-order valence-electron chi connectivity index (χ3n) is 4.98. The molecule has 0 saturated carbocycles. The number of hydrogen-bond donors (Lipinski definition) is 1. The first-order valence-electron chi connectivity index (χ1n) is 8.58. The lowest BCUT2D eigenvalue weighted by molar-refractivity contribution is 0.0234. The summed E-state index contributed by atoms with van der Waals surface area (Å²) in [6, 6.07) is 8.41. The van der Waals surface area contributed by atoms with Crippen molar-refractivity contribution in [3.05, 3.63) is 29.8 Å². The Morgan fingerprint density at radius 3 is 2.82 bits per heavy atom. The van der Waals surface area contributed by atoms with Crippen LogP contribution in [-0.4, -0.2) is 62.3 Å². The molecule has 122 valence electrons. The molecule has 0 bridgehead atoms. The maximum Gasteiger partial charge on any atom is 0.0828 e. The molecule has 0 amide bonds. The number of likely N-dealkylation sites (tertiary alicyclic amines) is 1. The lowest BCUT2D eigenvalue weighted by Crippen LogP contribution is -2.42. The number of anilines is 1. The molecular formula is C18H29N3O. The number of hydrogen-bond acceptors (Lipinski definition) is 4. The summed E-state index contributed by atoms with van der Waals surface area (Å²) in [6.45, 7) is 6.55. The molecule has 22 heavy (non-hydrogen) atoms. The highest BCUT2D eigenvalue weighted by atomic mass is 16.5. The van der Waals surface area contributed by atoms with E-state index < -0.39 is 0 Å². The summed E-state index contributed by atoms with van der Waals surface area (Å²) >= 11 is 0. The molecule has 2 saturated heterocycles. The second-order valence-electron chi connectivity index (χ2n) is 6.85. The third-order valence-corrected chi connectivity index (χ3v) is 4.98. The molecule has 1 aromatic carbocycles. The summed E-state index contributed by atoms with van der Waals surface area (Å²) in [4.78, 5) is 4.98. The van der Waals surface area contributed by atoms with Crippen LogP contribution in [0.3, 0.4) is 0 Å². The SMILES string of the molecule is CN1CCCOC(CN2CCC(c3cccc(N)c3)CC2)C1. The smallest absolute Gasteiger partial charge is 0.0828 e. The van der Waals surface area contributed by atoms with Crippen LogP contribution in [0.5, 0.6) is 0 Å². The van der Waals surface area contributed by atoms with Gasteiger partial charge < -0.3 is 20.3 Å². The van der Waals surface area contributed by atoms with Gasteiger partial charge in [-0.25, -0.2) is 0 Å². The maximum absolute atomic E-state index is 6.00. The third kappa shape index (κ3) is 4.22. The first kappa shape index (κ1) is 15.8. The maximum atomic E-state index is 6.00. The van der Waals surface area contributed by atoms with Crippen LogP contribution in [0.25, 0.3) is 0 Å². The summed E-state index contributed by atoms with van der Waals surface area (Å²) in [5.41, 5.74) is 8.20. The van der Waals surface area contributed by atoms with Crippen LogP contribution in [-0.2, 0) is 4.74 Å². The minimum Gasteiger partial charge on any atom is -0.399 e. The number of nitrogens with zero attached hydrogens (tertiary/aromatic N) is 2. The Morgan fingerprint density at radius 2 is 2.05 bits per heavy atom. The highest BCUT2D eigenvalue weighted by Gasteiger charge is 2.24. The molecule has 0 radical (unpaired) electrons. The average molecular weight is 303 g/mol. The van der Waals surface area contributed by atoms with Gasteiger partial charge in [0.25, 0.3) is 0 Å². The van der Waals surface area contributed by atoms with Gasteiger partial charge in [0, 0.05) is 31.9 Å². The van der Waals surface area contributed by atoms with Crippen LogP contribution in [0.2, 0.25) is 0 Å². The average Bonchev–Trinajstić information content (AvgIpc) is 2.72. The van der Waals surface area contributed by atoms with Gasteiger partial charge in [0.2, 0.25) is 0 Å². The van der Waals surface area contributed by atoms with Crippen LogP contribution in [0.4, 0.5) is 5.69 Å². The molecule has 4 heteroatoms. The molecule has 1 aromatic rings. The number of ether oxygens (including phenoxy) is 1. The van der Waals surface area contributed by atoms with Crippen molar-refractivity contribution in [2.45, 2.75) is 31.3 Å². The first-order chi connectivity index (χ1) is 10.7. The topological polar surface area (TPSA) is 41.7 Å². The van der Waals surface area contributed by atoms with Gasteiger partial charge in [0.05, 0.1) is 6.10 Å². The summed E-state index contributed by atoms with van der Waals surface area (Å²) in [7, 11) is 2.20. The van der Waals surface area contributed by atoms with E-state index in [1.165, 1.54) is 31.5 Å². The number of likely N-dealkylation sites (N-methyl/N-ethyl adjacent to an activating group) is 1. The molecule has 2 fully saturated rings. The zero-order chi connectivity index (χ0) is 15.4. The van der Waals surface area contributed by atoms with Gasteiger partial charge in [0.1, 0.15) is 0 Å². The van der Waals surface area contributed by atoms with E-state index in [0.717, 1.165) is 38.3 Å². The van der Waals surface area contributed by atoms with Crippen LogP contribution in [0, 0.1) is 0 Å². The minimum atomic E-state index is 0.372. The van der Waals surface area contributed by atoms with E-state index in [0.29, 0.717) is 12.0 Å². The van der Waals surface area contributed by atoms with Gasteiger partial charge in [0.15, 0.2) is 0 Å². The summed E-state index contributed by atoms with van der Waals surface area (Å²) in [5.74, 6) is 0.664. The van der Waals surface area contributed by atoms with Gasteiger partial charge in [-0.05, 0) is 63.0 Å². The normalized spacial score (nSPS) is 26.0. The lowest BCUT2D eigenvalue weighted by atomic mass is 9.89. The van der Waals surface area contributed by atoms with Crippen molar-refractivity contribution in [2.24, 2.45) is 0 Å². The summed E-state index contributed by atoms with van der Waals surface area (Å²) in [5, 5.41) is 0. The molecule has 3 rings (SSSR count). The van der Waals surface area contributed by atoms with Crippen molar-refractivity contribution < 1.29 is 4.74 Å². The zero-order valence-electron chi connectivity index (χ0n) is 13.7. The summed E-state index contributed by atoms with van der Waals surface area (Å²) in [6.07, 6.45) is 3.99. The van der Waals surface area contributed by atoms with Crippen LogP contribution in [0.15, 0.2) is 24.3 Å². The first-order valence-corrected chi connectivity index (χ1v) is 8.58. The lowest BCUT2D eigenvalue weighted by Gasteiger charge is -2.34. The van der Waals surface area contributed by atoms with Crippen molar-refractivity contribution in [1.29, 1.82) is 0 Å². The molecular weight excluding hydrogens is 274 g/mol. The second kappa shape index (κ2) is 7.44. The molecule has 1 unspecified atom stereocenters. The Balaban J connectivity index is 1.49. The Morgan fingerprint density at radius 1 is 1.23 bits per heavy atom.